The van der Waals surface area contributed by atoms with Gasteiger partial charge in [0, 0.05) is 12.8 Å². The third-order valence-corrected chi connectivity index (χ3v) is 2.89. The molecule has 14 heavy (non-hydrogen) atoms. The molecule has 0 aromatic carbocycles. The van der Waals surface area contributed by atoms with Crippen molar-refractivity contribution in [2.75, 3.05) is 5.75 Å². The van der Waals surface area contributed by atoms with E-state index in [4.69, 9.17) is 10.8 Å². The molecule has 78 valence electrons. The summed E-state index contributed by atoms with van der Waals surface area (Å²) in [5, 5.41) is 13.6. The number of rotatable bonds is 4. The van der Waals surface area contributed by atoms with E-state index >= 15 is 0 Å². The summed E-state index contributed by atoms with van der Waals surface area (Å²) in [5.74, 6) is -0.620. The highest BCUT2D eigenvalue weighted by atomic mass is 32.2. The normalized spacial score (nSPS) is 12.8. The van der Waals surface area contributed by atoms with Crippen LogP contribution in [0.1, 0.15) is 5.69 Å². The van der Waals surface area contributed by atoms with Gasteiger partial charge in [0.1, 0.15) is 6.04 Å². The first kappa shape index (κ1) is 11.1. The molecule has 0 fully saturated rings. The Kier molecular flexibility index (Phi) is 3.54. The molecular formula is C8H13N3O2S. The Bertz CT molecular complexity index is 337. The minimum absolute atomic E-state index is 0.355. The van der Waals surface area contributed by atoms with Gasteiger partial charge in [0.25, 0.3) is 0 Å². The Morgan fingerprint density at radius 2 is 2.50 bits per heavy atom. The molecule has 0 saturated carbocycles. The van der Waals surface area contributed by atoms with Crippen LogP contribution in [-0.4, -0.2) is 32.7 Å². The Labute approximate surface area is 86.3 Å². The van der Waals surface area contributed by atoms with Crippen molar-refractivity contribution in [1.29, 1.82) is 0 Å². The van der Waals surface area contributed by atoms with Crippen LogP contribution in [0.3, 0.4) is 0 Å². The quantitative estimate of drug-likeness (QED) is 0.703. The van der Waals surface area contributed by atoms with Crippen molar-refractivity contribution in [3.05, 3.63) is 11.8 Å². The third kappa shape index (κ3) is 2.74. The van der Waals surface area contributed by atoms with Crippen molar-refractivity contribution in [3.8, 4) is 0 Å². The molecule has 5 nitrogen and oxygen atoms in total. The molecule has 0 aliphatic heterocycles. The predicted molar refractivity (Wildman–Crippen MR) is 54.3 cm³/mol. The van der Waals surface area contributed by atoms with E-state index in [-0.39, 0.29) is 0 Å². The molecule has 1 unspecified atom stereocenters. The van der Waals surface area contributed by atoms with Crippen LogP contribution < -0.4 is 5.73 Å². The Morgan fingerprint density at radius 1 is 1.86 bits per heavy atom. The second-order valence-corrected chi connectivity index (χ2v) is 4.04. The summed E-state index contributed by atoms with van der Waals surface area (Å²) in [5.41, 5.74) is 6.29. The molecule has 0 aliphatic carbocycles. The average Bonchev–Trinajstić information content (AvgIpc) is 2.40. The average molecular weight is 215 g/mol. The molecule has 6 heteroatoms. The Morgan fingerprint density at radius 3 is 2.93 bits per heavy atom. The number of thioether (sulfide) groups is 1. The number of aromatic nitrogens is 2. The van der Waals surface area contributed by atoms with Crippen LogP contribution in [0, 0.1) is 6.92 Å². The van der Waals surface area contributed by atoms with Gasteiger partial charge in [-0.1, -0.05) is 0 Å². The highest BCUT2D eigenvalue weighted by Gasteiger charge is 2.12. The fourth-order valence-electron chi connectivity index (χ4n) is 0.968. The van der Waals surface area contributed by atoms with E-state index in [0.717, 1.165) is 10.7 Å². The Hall–Kier alpha value is -1.01. The third-order valence-electron chi connectivity index (χ3n) is 1.69. The van der Waals surface area contributed by atoms with E-state index in [1.807, 2.05) is 20.0 Å². The number of nitrogens with zero attached hydrogens (tertiary/aromatic N) is 2. The highest BCUT2D eigenvalue weighted by Crippen LogP contribution is 2.18. The fourth-order valence-corrected chi connectivity index (χ4v) is 1.94. The van der Waals surface area contributed by atoms with E-state index in [2.05, 4.69) is 5.10 Å². The summed E-state index contributed by atoms with van der Waals surface area (Å²) in [7, 11) is 1.82. The number of hydrogen-bond donors (Lipinski definition) is 2. The number of carboxylic acid groups (broad SMARTS) is 1. The van der Waals surface area contributed by atoms with Crippen molar-refractivity contribution < 1.29 is 9.90 Å². The van der Waals surface area contributed by atoms with Gasteiger partial charge in [0.05, 0.1) is 10.7 Å². The maximum Gasteiger partial charge on any atom is 0.321 e. The number of hydrogen-bond acceptors (Lipinski definition) is 4. The van der Waals surface area contributed by atoms with E-state index in [1.165, 1.54) is 11.8 Å². The molecule has 0 radical (unpaired) electrons. The summed E-state index contributed by atoms with van der Waals surface area (Å²) >= 11 is 1.40. The van der Waals surface area contributed by atoms with Crippen molar-refractivity contribution in [2.45, 2.75) is 18.0 Å². The lowest BCUT2D eigenvalue weighted by atomic mass is 10.4. The predicted octanol–water partition coefficient (Wildman–Crippen LogP) is 0.233. The van der Waals surface area contributed by atoms with Crippen LogP contribution in [0.5, 0.6) is 0 Å². The van der Waals surface area contributed by atoms with Crippen LogP contribution in [0.4, 0.5) is 0 Å². The first-order valence-electron chi connectivity index (χ1n) is 4.12. The van der Waals surface area contributed by atoms with Gasteiger partial charge in [-0.25, -0.2) is 0 Å². The summed E-state index contributed by atoms with van der Waals surface area (Å²) in [6, 6.07) is 1.08. The van der Waals surface area contributed by atoms with Gasteiger partial charge in [-0.05, 0) is 13.0 Å². The molecule has 0 saturated heterocycles. The highest BCUT2D eigenvalue weighted by molar-refractivity contribution is 7.99. The van der Waals surface area contributed by atoms with Crippen molar-refractivity contribution in [3.63, 3.8) is 0 Å². The number of carbonyl (C=O) groups is 1. The molecule has 0 spiro atoms. The summed E-state index contributed by atoms with van der Waals surface area (Å²) < 4.78 is 1.72. The van der Waals surface area contributed by atoms with Crippen LogP contribution in [0.15, 0.2) is 11.1 Å². The summed E-state index contributed by atoms with van der Waals surface area (Å²) in [6.07, 6.45) is 0. The van der Waals surface area contributed by atoms with Gasteiger partial charge in [0.15, 0.2) is 0 Å². The number of carboxylic acids is 1. The van der Waals surface area contributed by atoms with Gasteiger partial charge in [-0.3, -0.25) is 9.48 Å². The standard InChI is InChI=1S/C8H13N3O2S/c1-5-3-7(11(2)10-5)14-4-6(9)8(12)13/h3,6H,4,9H2,1-2H3,(H,12,13). The second-order valence-electron chi connectivity index (χ2n) is 3.00. The maximum atomic E-state index is 10.4. The summed E-state index contributed by atoms with van der Waals surface area (Å²) in [6.45, 7) is 1.89. The van der Waals surface area contributed by atoms with Crippen LogP contribution in [0.25, 0.3) is 0 Å². The van der Waals surface area contributed by atoms with E-state index < -0.39 is 12.0 Å². The zero-order valence-electron chi connectivity index (χ0n) is 8.10. The molecule has 0 bridgehead atoms. The lowest BCUT2D eigenvalue weighted by molar-refractivity contribution is -0.137. The second kappa shape index (κ2) is 4.47. The summed E-state index contributed by atoms with van der Waals surface area (Å²) in [4.78, 5) is 10.4. The van der Waals surface area contributed by atoms with Crippen molar-refractivity contribution in [1.82, 2.24) is 9.78 Å². The molecule has 1 aromatic heterocycles. The Balaban J connectivity index is 2.53. The minimum atomic E-state index is -0.976. The van der Waals surface area contributed by atoms with E-state index in [9.17, 15) is 4.79 Å². The molecule has 1 atom stereocenters. The molecule has 1 aromatic rings. The van der Waals surface area contributed by atoms with Crippen LogP contribution in [-0.2, 0) is 11.8 Å². The maximum absolute atomic E-state index is 10.4. The topological polar surface area (TPSA) is 81.1 Å². The molecule has 0 amide bonds. The lowest BCUT2D eigenvalue weighted by Gasteiger charge is -2.05. The monoisotopic (exact) mass is 215 g/mol. The first-order valence-corrected chi connectivity index (χ1v) is 5.11. The SMILES string of the molecule is Cc1cc(SCC(N)C(=O)O)n(C)n1. The largest absolute Gasteiger partial charge is 0.480 e. The number of aliphatic carboxylic acids is 1. The first-order chi connectivity index (χ1) is 6.50. The smallest absolute Gasteiger partial charge is 0.321 e. The van der Waals surface area contributed by atoms with Crippen molar-refractivity contribution in [2.24, 2.45) is 12.8 Å². The minimum Gasteiger partial charge on any atom is -0.480 e. The molecule has 0 aliphatic rings. The van der Waals surface area contributed by atoms with Gasteiger partial charge < -0.3 is 10.8 Å². The van der Waals surface area contributed by atoms with Crippen LogP contribution >= 0.6 is 11.8 Å². The molecular weight excluding hydrogens is 202 g/mol. The van der Waals surface area contributed by atoms with Gasteiger partial charge in [-0.15, -0.1) is 11.8 Å². The zero-order chi connectivity index (χ0) is 10.7. The number of aryl methyl sites for hydroxylation is 2. The lowest BCUT2D eigenvalue weighted by Crippen LogP contribution is -2.32. The zero-order valence-corrected chi connectivity index (χ0v) is 8.91. The molecule has 1 rings (SSSR count). The molecule has 3 N–H and O–H groups in total. The number of nitrogens with two attached hydrogens (primary N) is 1. The van der Waals surface area contributed by atoms with E-state index in [0.29, 0.717) is 5.75 Å². The van der Waals surface area contributed by atoms with Gasteiger partial charge in [-0.2, -0.15) is 5.10 Å². The van der Waals surface area contributed by atoms with Gasteiger partial charge >= 0.3 is 5.97 Å². The van der Waals surface area contributed by atoms with Crippen molar-refractivity contribution >= 4 is 17.7 Å². The molecule has 1 heterocycles. The van der Waals surface area contributed by atoms with Crippen LogP contribution in [0.2, 0.25) is 0 Å². The fraction of sp³-hybridized carbons (Fsp3) is 0.500. The van der Waals surface area contributed by atoms with Gasteiger partial charge in [0.2, 0.25) is 0 Å². The van der Waals surface area contributed by atoms with E-state index in [1.54, 1.807) is 4.68 Å².